The van der Waals surface area contributed by atoms with Crippen molar-refractivity contribution in [2.75, 3.05) is 0 Å². The molecule has 0 radical (unpaired) electrons. The van der Waals surface area contributed by atoms with E-state index >= 15 is 0 Å². The first kappa shape index (κ1) is 12.8. The summed E-state index contributed by atoms with van der Waals surface area (Å²) in [6, 6.07) is 4.65. The molecule has 0 N–H and O–H groups in total. The van der Waals surface area contributed by atoms with Crippen LogP contribution in [0.1, 0.15) is 21.6 Å². The fourth-order valence-electron chi connectivity index (χ4n) is 1.73. The number of nitrogens with zero attached hydrogens (tertiary/aromatic N) is 2. The van der Waals surface area contributed by atoms with Crippen LogP contribution < -0.4 is 0 Å². The van der Waals surface area contributed by atoms with E-state index in [1.807, 2.05) is 0 Å². The van der Waals surface area contributed by atoms with Crippen LogP contribution in [-0.4, -0.2) is 15.6 Å². The van der Waals surface area contributed by atoms with Crippen molar-refractivity contribution in [1.29, 1.82) is 0 Å². The average molecular weight is 267 g/mol. The maximum Gasteiger partial charge on any atom is 0.170 e. The van der Waals surface area contributed by atoms with Crippen LogP contribution in [0.25, 0.3) is 0 Å². The summed E-state index contributed by atoms with van der Waals surface area (Å²) in [6.07, 6.45) is 1.49. The van der Waals surface area contributed by atoms with Crippen LogP contribution in [0.4, 0.5) is 4.39 Å². The molecule has 0 aliphatic rings. The van der Waals surface area contributed by atoms with Crippen molar-refractivity contribution in [3.8, 4) is 0 Å². The van der Waals surface area contributed by atoms with Crippen LogP contribution in [-0.2, 0) is 13.5 Å². The quantitative estimate of drug-likeness (QED) is 0.801. The third kappa shape index (κ3) is 2.29. The summed E-state index contributed by atoms with van der Waals surface area (Å²) in [5.41, 5.74) is 1.58. The van der Waals surface area contributed by atoms with Crippen molar-refractivity contribution >= 4 is 17.4 Å². The lowest BCUT2D eigenvalue weighted by atomic mass is 10.0. The van der Waals surface area contributed by atoms with Gasteiger partial charge in [-0.15, -0.1) is 0 Å². The van der Waals surface area contributed by atoms with Gasteiger partial charge in [0.15, 0.2) is 5.78 Å². The van der Waals surface area contributed by atoms with E-state index < -0.39 is 5.82 Å². The molecule has 2 aromatic rings. The highest BCUT2D eigenvalue weighted by molar-refractivity contribution is 6.30. The number of hydrogen-bond donors (Lipinski definition) is 0. The lowest BCUT2D eigenvalue weighted by molar-refractivity contribution is 0.0991. The molecule has 3 nitrogen and oxygen atoms in total. The van der Waals surface area contributed by atoms with Gasteiger partial charge in [-0.1, -0.05) is 23.7 Å². The predicted molar refractivity (Wildman–Crippen MR) is 67.4 cm³/mol. The third-order valence-corrected chi connectivity index (χ3v) is 3.21. The maximum absolute atomic E-state index is 13.7. The van der Waals surface area contributed by atoms with Gasteiger partial charge in [-0.2, -0.15) is 5.10 Å². The molecule has 0 saturated heterocycles. The van der Waals surface area contributed by atoms with E-state index in [0.29, 0.717) is 11.1 Å². The number of Topliss-reactive ketones (excluding diaryl/α,β-unsaturated/α-hetero) is 1. The van der Waals surface area contributed by atoms with Crippen molar-refractivity contribution in [1.82, 2.24) is 9.78 Å². The fraction of sp³-hybridized carbons (Fsp3) is 0.231. The largest absolute Gasteiger partial charge is 0.294 e. The Morgan fingerprint density at radius 1 is 1.50 bits per heavy atom. The molecule has 94 valence electrons. The molecule has 5 heteroatoms. The van der Waals surface area contributed by atoms with Crippen LogP contribution in [0.3, 0.4) is 0 Å². The molecular weight excluding hydrogens is 255 g/mol. The number of aryl methyl sites for hydroxylation is 1. The maximum atomic E-state index is 13.7. The second-order valence-electron chi connectivity index (χ2n) is 4.08. The second-order valence-corrected chi connectivity index (χ2v) is 4.49. The number of hydrogen-bond acceptors (Lipinski definition) is 2. The van der Waals surface area contributed by atoms with Gasteiger partial charge < -0.3 is 0 Å². The first-order valence-corrected chi connectivity index (χ1v) is 5.83. The van der Waals surface area contributed by atoms with Gasteiger partial charge in [-0.05, 0) is 18.6 Å². The molecule has 18 heavy (non-hydrogen) atoms. The summed E-state index contributed by atoms with van der Waals surface area (Å²) in [5, 5.41) is 4.03. The number of carbonyl (C=O) groups excluding carboxylic acids is 1. The molecule has 0 amide bonds. The molecule has 1 aromatic carbocycles. The van der Waals surface area contributed by atoms with E-state index in [1.165, 1.54) is 12.3 Å². The number of ketones is 1. The normalized spacial score (nSPS) is 10.7. The smallest absolute Gasteiger partial charge is 0.170 e. The van der Waals surface area contributed by atoms with E-state index in [-0.39, 0.29) is 17.2 Å². The minimum atomic E-state index is -0.533. The highest BCUT2D eigenvalue weighted by Crippen LogP contribution is 2.20. The molecule has 0 bridgehead atoms. The van der Waals surface area contributed by atoms with Gasteiger partial charge in [0.1, 0.15) is 5.82 Å². The molecule has 1 heterocycles. The molecule has 0 aliphatic heterocycles. The first-order chi connectivity index (χ1) is 8.50. The van der Waals surface area contributed by atoms with Crippen LogP contribution in [0.5, 0.6) is 0 Å². The molecule has 0 aliphatic carbocycles. The fourth-order valence-corrected chi connectivity index (χ4v) is 1.92. The zero-order valence-corrected chi connectivity index (χ0v) is 10.8. The van der Waals surface area contributed by atoms with E-state index in [0.717, 1.165) is 5.69 Å². The Kier molecular flexibility index (Phi) is 3.48. The minimum Gasteiger partial charge on any atom is -0.294 e. The molecule has 0 unspecified atom stereocenters. The SMILES string of the molecule is Cc1c(C(=O)Cc2cccc(Cl)c2F)cnn1C. The van der Waals surface area contributed by atoms with Crippen molar-refractivity contribution < 1.29 is 9.18 Å². The summed E-state index contributed by atoms with van der Waals surface area (Å²) in [4.78, 5) is 12.0. The van der Waals surface area contributed by atoms with Gasteiger partial charge >= 0.3 is 0 Å². The number of carbonyl (C=O) groups is 1. The highest BCUT2D eigenvalue weighted by Gasteiger charge is 2.16. The Labute approximate surface area is 109 Å². The Hall–Kier alpha value is -1.68. The van der Waals surface area contributed by atoms with Crippen LogP contribution >= 0.6 is 11.6 Å². The molecule has 2 rings (SSSR count). The molecular formula is C13H12ClFN2O. The third-order valence-electron chi connectivity index (χ3n) is 2.92. The van der Waals surface area contributed by atoms with Gasteiger partial charge in [0.05, 0.1) is 16.8 Å². The minimum absolute atomic E-state index is 0.0150. The highest BCUT2D eigenvalue weighted by atomic mass is 35.5. The monoisotopic (exact) mass is 266 g/mol. The number of benzene rings is 1. The van der Waals surface area contributed by atoms with E-state index in [4.69, 9.17) is 11.6 Å². The Bertz CT molecular complexity index is 607. The van der Waals surface area contributed by atoms with Gasteiger partial charge in [0, 0.05) is 19.2 Å². The number of aromatic nitrogens is 2. The summed E-state index contributed by atoms with van der Waals surface area (Å²) in [7, 11) is 1.76. The van der Waals surface area contributed by atoms with Crippen LogP contribution in [0, 0.1) is 12.7 Å². The van der Waals surface area contributed by atoms with E-state index in [9.17, 15) is 9.18 Å². The number of halogens is 2. The molecule has 0 atom stereocenters. The van der Waals surface area contributed by atoms with Gasteiger partial charge in [0.25, 0.3) is 0 Å². The van der Waals surface area contributed by atoms with Gasteiger partial charge in [-0.3, -0.25) is 9.48 Å². The molecule has 1 aromatic heterocycles. The zero-order valence-electron chi connectivity index (χ0n) is 10.1. The van der Waals surface area contributed by atoms with Gasteiger partial charge in [-0.25, -0.2) is 4.39 Å². The second kappa shape index (κ2) is 4.90. The van der Waals surface area contributed by atoms with Crippen molar-refractivity contribution in [2.24, 2.45) is 7.05 Å². The lowest BCUT2D eigenvalue weighted by Gasteiger charge is -2.04. The molecule has 0 saturated carbocycles. The van der Waals surface area contributed by atoms with E-state index in [1.54, 1.807) is 30.8 Å². The van der Waals surface area contributed by atoms with Crippen molar-refractivity contribution in [3.63, 3.8) is 0 Å². The standard InChI is InChI=1S/C13H12ClFN2O/c1-8-10(7-16-17(8)2)12(18)6-9-4-3-5-11(14)13(9)15/h3-5,7H,6H2,1-2H3. The first-order valence-electron chi connectivity index (χ1n) is 5.45. The summed E-state index contributed by atoms with van der Waals surface area (Å²) >= 11 is 5.68. The molecule has 0 spiro atoms. The lowest BCUT2D eigenvalue weighted by Crippen LogP contribution is -2.07. The topological polar surface area (TPSA) is 34.9 Å². The Morgan fingerprint density at radius 3 is 2.83 bits per heavy atom. The average Bonchev–Trinajstić information content (AvgIpc) is 2.66. The van der Waals surface area contributed by atoms with Crippen molar-refractivity contribution in [3.05, 3.63) is 52.1 Å². The van der Waals surface area contributed by atoms with Gasteiger partial charge in [0.2, 0.25) is 0 Å². The van der Waals surface area contributed by atoms with Crippen LogP contribution in [0.15, 0.2) is 24.4 Å². The molecule has 0 fully saturated rings. The van der Waals surface area contributed by atoms with E-state index in [2.05, 4.69) is 5.10 Å². The summed E-state index contributed by atoms with van der Waals surface area (Å²) in [6.45, 7) is 1.80. The van der Waals surface area contributed by atoms with Crippen LogP contribution in [0.2, 0.25) is 5.02 Å². The Balaban J connectivity index is 2.27. The predicted octanol–water partition coefficient (Wildman–Crippen LogP) is 2.95. The number of rotatable bonds is 3. The Morgan fingerprint density at radius 2 is 2.22 bits per heavy atom. The zero-order chi connectivity index (χ0) is 13.3. The summed E-state index contributed by atoms with van der Waals surface area (Å²) in [5.74, 6) is -0.698. The summed E-state index contributed by atoms with van der Waals surface area (Å²) < 4.78 is 15.3. The van der Waals surface area contributed by atoms with Crippen molar-refractivity contribution in [2.45, 2.75) is 13.3 Å².